The Morgan fingerprint density at radius 2 is 2.05 bits per heavy atom. The molecular formula is C12H13F2NO5. The van der Waals surface area contributed by atoms with E-state index in [1.54, 1.807) is 0 Å². The Balaban J connectivity index is 2.52. The molecule has 1 rings (SSSR count). The van der Waals surface area contributed by atoms with Gasteiger partial charge in [0.05, 0.1) is 0 Å². The number of hydrogen-bond acceptors (Lipinski definition) is 4. The fourth-order valence-corrected chi connectivity index (χ4v) is 1.36. The normalized spacial score (nSPS) is 11.8. The number of carboxylic acid groups (broad SMARTS) is 1. The predicted molar refractivity (Wildman–Crippen MR) is 63.1 cm³/mol. The second-order valence-corrected chi connectivity index (χ2v) is 3.83. The highest BCUT2D eigenvalue weighted by Gasteiger charge is 2.19. The van der Waals surface area contributed by atoms with Gasteiger partial charge in [-0.05, 0) is 12.1 Å². The number of benzene rings is 1. The molecule has 0 saturated heterocycles. The number of aliphatic hydroxyl groups is 1. The van der Waals surface area contributed by atoms with Crippen LogP contribution in [-0.4, -0.2) is 41.3 Å². The van der Waals surface area contributed by atoms with Gasteiger partial charge in [-0.2, -0.15) is 0 Å². The first kappa shape index (κ1) is 15.8. The van der Waals surface area contributed by atoms with Gasteiger partial charge in [-0.15, -0.1) is 0 Å². The summed E-state index contributed by atoms with van der Waals surface area (Å²) in [5, 5.41) is 19.5. The van der Waals surface area contributed by atoms with E-state index in [0.717, 1.165) is 12.1 Å². The maximum atomic E-state index is 13.2. The first-order valence-corrected chi connectivity index (χ1v) is 5.65. The number of amides is 1. The van der Waals surface area contributed by atoms with Crippen LogP contribution in [-0.2, 0) is 9.59 Å². The molecule has 0 unspecified atom stereocenters. The number of carboxylic acids is 1. The lowest BCUT2D eigenvalue weighted by molar-refractivity contribution is -0.142. The van der Waals surface area contributed by atoms with E-state index >= 15 is 0 Å². The molecule has 0 aliphatic carbocycles. The standard InChI is InChI=1S/C12H13F2NO5/c13-7-1-2-10(8(14)5-7)20-6-11(17)15-9(3-4-16)12(18)19/h1-2,5,9,16H,3-4,6H2,(H,15,17)(H,18,19)/t9-/m1/s1. The molecule has 0 heterocycles. The Bertz CT molecular complexity index is 495. The van der Waals surface area contributed by atoms with Crippen molar-refractivity contribution in [1.82, 2.24) is 5.32 Å². The second-order valence-electron chi connectivity index (χ2n) is 3.83. The minimum Gasteiger partial charge on any atom is -0.481 e. The average molecular weight is 289 g/mol. The van der Waals surface area contributed by atoms with E-state index in [1.807, 2.05) is 0 Å². The minimum absolute atomic E-state index is 0.161. The summed E-state index contributed by atoms with van der Waals surface area (Å²) in [4.78, 5) is 22.1. The Morgan fingerprint density at radius 1 is 1.35 bits per heavy atom. The smallest absolute Gasteiger partial charge is 0.326 e. The summed E-state index contributed by atoms with van der Waals surface area (Å²) in [6, 6.07) is 1.32. The molecule has 0 radical (unpaired) electrons. The molecule has 0 aliphatic heterocycles. The SMILES string of the molecule is O=C(COc1ccc(F)cc1F)N[C@H](CCO)C(=O)O. The van der Waals surface area contributed by atoms with Crippen LogP contribution >= 0.6 is 0 Å². The van der Waals surface area contributed by atoms with E-state index in [-0.39, 0.29) is 12.2 Å². The quantitative estimate of drug-likeness (QED) is 0.671. The van der Waals surface area contributed by atoms with Crippen molar-refractivity contribution in [2.24, 2.45) is 0 Å². The molecular weight excluding hydrogens is 276 g/mol. The third-order valence-corrected chi connectivity index (χ3v) is 2.30. The Kier molecular flexibility index (Phi) is 5.85. The van der Waals surface area contributed by atoms with Crippen molar-refractivity contribution in [3.63, 3.8) is 0 Å². The van der Waals surface area contributed by atoms with Crippen LogP contribution in [0.15, 0.2) is 18.2 Å². The third-order valence-electron chi connectivity index (χ3n) is 2.30. The maximum Gasteiger partial charge on any atom is 0.326 e. The topological polar surface area (TPSA) is 95.9 Å². The van der Waals surface area contributed by atoms with Crippen LogP contribution in [0.3, 0.4) is 0 Å². The number of carbonyl (C=O) groups excluding carboxylic acids is 1. The lowest BCUT2D eigenvalue weighted by Gasteiger charge is -2.13. The molecule has 1 amide bonds. The van der Waals surface area contributed by atoms with Crippen molar-refractivity contribution in [3.05, 3.63) is 29.8 Å². The predicted octanol–water partition coefficient (Wildman–Crippen LogP) is 0.295. The highest BCUT2D eigenvalue weighted by Crippen LogP contribution is 2.17. The Morgan fingerprint density at radius 3 is 2.60 bits per heavy atom. The van der Waals surface area contributed by atoms with Gasteiger partial charge in [-0.1, -0.05) is 0 Å². The van der Waals surface area contributed by atoms with Crippen LogP contribution < -0.4 is 10.1 Å². The molecule has 20 heavy (non-hydrogen) atoms. The molecule has 1 aromatic carbocycles. The van der Waals surface area contributed by atoms with Gasteiger partial charge >= 0.3 is 5.97 Å². The second kappa shape index (κ2) is 7.39. The number of rotatable bonds is 7. The average Bonchev–Trinajstić information content (AvgIpc) is 2.37. The summed E-state index contributed by atoms with van der Waals surface area (Å²) in [6.07, 6.45) is -0.161. The molecule has 1 aromatic rings. The molecule has 0 fully saturated rings. The van der Waals surface area contributed by atoms with Crippen LogP contribution in [0, 0.1) is 11.6 Å². The van der Waals surface area contributed by atoms with E-state index in [0.29, 0.717) is 6.07 Å². The zero-order chi connectivity index (χ0) is 15.1. The minimum atomic E-state index is -1.31. The zero-order valence-corrected chi connectivity index (χ0v) is 10.3. The van der Waals surface area contributed by atoms with Crippen LogP contribution in [0.2, 0.25) is 0 Å². The van der Waals surface area contributed by atoms with Gasteiger partial charge in [0.25, 0.3) is 5.91 Å². The molecule has 3 N–H and O–H groups in total. The number of hydrogen-bond donors (Lipinski definition) is 3. The number of halogens is 2. The van der Waals surface area contributed by atoms with Crippen LogP contribution in [0.1, 0.15) is 6.42 Å². The van der Waals surface area contributed by atoms with Gasteiger partial charge in [0.2, 0.25) is 0 Å². The molecule has 0 spiro atoms. The van der Waals surface area contributed by atoms with E-state index in [2.05, 4.69) is 5.32 Å². The summed E-state index contributed by atoms with van der Waals surface area (Å²) in [5.74, 6) is -4.18. The molecule has 110 valence electrons. The monoisotopic (exact) mass is 289 g/mol. The number of nitrogens with one attached hydrogen (secondary N) is 1. The molecule has 0 aliphatic rings. The van der Waals surface area contributed by atoms with E-state index in [4.69, 9.17) is 14.9 Å². The maximum absolute atomic E-state index is 13.2. The number of aliphatic carboxylic acids is 1. The van der Waals surface area contributed by atoms with E-state index in [9.17, 15) is 18.4 Å². The Hall–Kier alpha value is -2.22. The number of carbonyl (C=O) groups is 2. The largest absolute Gasteiger partial charge is 0.481 e. The summed E-state index contributed by atoms with van der Waals surface area (Å²) in [5.41, 5.74) is 0. The van der Waals surface area contributed by atoms with Crippen molar-refractivity contribution in [2.45, 2.75) is 12.5 Å². The van der Waals surface area contributed by atoms with Gasteiger partial charge in [-0.3, -0.25) is 4.79 Å². The van der Waals surface area contributed by atoms with Gasteiger partial charge in [0, 0.05) is 19.1 Å². The van der Waals surface area contributed by atoms with Gasteiger partial charge in [0.1, 0.15) is 11.9 Å². The summed E-state index contributed by atoms with van der Waals surface area (Å²) >= 11 is 0. The van der Waals surface area contributed by atoms with Crippen LogP contribution in [0.5, 0.6) is 5.75 Å². The van der Waals surface area contributed by atoms with Crippen LogP contribution in [0.4, 0.5) is 8.78 Å². The van der Waals surface area contributed by atoms with Crippen molar-refractivity contribution in [1.29, 1.82) is 0 Å². The van der Waals surface area contributed by atoms with Crippen LogP contribution in [0.25, 0.3) is 0 Å². The molecule has 6 nitrogen and oxygen atoms in total. The highest BCUT2D eigenvalue weighted by atomic mass is 19.1. The molecule has 1 atom stereocenters. The zero-order valence-electron chi connectivity index (χ0n) is 10.3. The fourth-order valence-electron chi connectivity index (χ4n) is 1.36. The van der Waals surface area contributed by atoms with Crippen molar-refractivity contribution >= 4 is 11.9 Å². The Labute approximate surface area is 113 Å². The summed E-state index contributed by atoms with van der Waals surface area (Å²) in [7, 11) is 0. The first-order chi connectivity index (χ1) is 9.43. The van der Waals surface area contributed by atoms with E-state index < -0.39 is 42.8 Å². The molecule has 0 bridgehead atoms. The van der Waals surface area contributed by atoms with E-state index in [1.165, 1.54) is 0 Å². The van der Waals surface area contributed by atoms with Crippen molar-refractivity contribution < 1.29 is 33.3 Å². The first-order valence-electron chi connectivity index (χ1n) is 5.65. The summed E-state index contributed by atoms with van der Waals surface area (Å²) in [6.45, 7) is -1.04. The van der Waals surface area contributed by atoms with Gasteiger partial charge < -0.3 is 20.3 Å². The van der Waals surface area contributed by atoms with Gasteiger partial charge in [-0.25, -0.2) is 13.6 Å². The molecule has 0 saturated carbocycles. The lowest BCUT2D eigenvalue weighted by atomic mass is 10.2. The third kappa shape index (κ3) is 4.81. The van der Waals surface area contributed by atoms with Crippen molar-refractivity contribution in [2.75, 3.05) is 13.2 Å². The summed E-state index contributed by atoms with van der Waals surface area (Å²) < 4.78 is 30.6. The number of aliphatic hydroxyl groups excluding tert-OH is 1. The fraction of sp³-hybridized carbons (Fsp3) is 0.333. The highest BCUT2D eigenvalue weighted by molar-refractivity contribution is 5.84. The number of ether oxygens (including phenoxy) is 1. The van der Waals surface area contributed by atoms with Gasteiger partial charge in [0.15, 0.2) is 18.2 Å². The molecule has 8 heteroatoms. The lowest BCUT2D eigenvalue weighted by Crippen LogP contribution is -2.43. The van der Waals surface area contributed by atoms with Crippen molar-refractivity contribution in [3.8, 4) is 5.75 Å². The molecule has 0 aromatic heterocycles.